The minimum atomic E-state index is -1.23. The first-order valence-electron chi connectivity index (χ1n) is 5.10. The maximum Gasteiger partial charge on any atom is 0.328 e. The molecule has 0 aliphatic carbocycles. The normalized spacial score (nSPS) is 11.2. The quantitative estimate of drug-likeness (QED) is 0.867. The molecule has 6 heteroatoms. The Kier molecular flexibility index (Phi) is 4.54. The van der Waals surface area contributed by atoms with Gasteiger partial charge in [-0.2, -0.15) is 0 Å². The number of aryl methyl sites for hydroxylation is 1. The molecular formula is C11H14ClNO3S. The van der Waals surface area contributed by atoms with E-state index < -0.39 is 11.5 Å². The maximum absolute atomic E-state index is 11.5. The Morgan fingerprint density at radius 2 is 2.12 bits per heavy atom. The first-order chi connectivity index (χ1) is 7.81. The average molecular weight is 276 g/mol. The summed E-state index contributed by atoms with van der Waals surface area (Å²) in [5.41, 5.74) is -1.23. The van der Waals surface area contributed by atoms with Gasteiger partial charge in [0.05, 0.1) is 4.34 Å². The average Bonchev–Trinajstić information content (AvgIpc) is 2.60. The molecule has 4 nitrogen and oxygen atoms in total. The minimum Gasteiger partial charge on any atom is -0.480 e. The third-order valence-electron chi connectivity index (χ3n) is 2.21. The standard InChI is InChI=1S/C11H14ClNO3S/c1-11(2,10(15)16)13-9(14)6-4-7-3-5-8(12)17-7/h3,5H,4,6H2,1-2H3,(H,13,14)(H,15,16). The van der Waals surface area contributed by atoms with Crippen LogP contribution in [0.1, 0.15) is 25.1 Å². The molecule has 1 rings (SSSR count). The van der Waals surface area contributed by atoms with Crippen LogP contribution < -0.4 is 5.32 Å². The van der Waals surface area contributed by atoms with Gasteiger partial charge >= 0.3 is 5.97 Å². The van der Waals surface area contributed by atoms with Crippen molar-refractivity contribution in [2.75, 3.05) is 0 Å². The second kappa shape index (κ2) is 5.51. The van der Waals surface area contributed by atoms with Gasteiger partial charge in [0, 0.05) is 11.3 Å². The Labute approximate surface area is 109 Å². The summed E-state index contributed by atoms with van der Waals surface area (Å²) in [7, 11) is 0. The van der Waals surface area contributed by atoms with E-state index in [2.05, 4.69) is 5.32 Å². The molecule has 0 radical (unpaired) electrons. The van der Waals surface area contributed by atoms with Gasteiger partial charge in [0.2, 0.25) is 5.91 Å². The third kappa shape index (κ3) is 4.36. The molecule has 2 N–H and O–H groups in total. The van der Waals surface area contributed by atoms with Crippen LogP contribution in [0.5, 0.6) is 0 Å². The highest BCUT2D eigenvalue weighted by molar-refractivity contribution is 7.16. The smallest absolute Gasteiger partial charge is 0.328 e. The number of carboxylic acids is 1. The molecule has 0 unspecified atom stereocenters. The number of halogens is 1. The first kappa shape index (κ1) is 14.0. The lowest BCUT2D eigenvalue weighted by atomic mass is 10.1. The van der Waals surface area contributed by atoms with Gasteiger partial charge in [-0.3, -0.25) is 4.79 Å². The second-order valence-electron chi connectivity index (χ2n) is 4.18. The molecule has 0 saturated heterocycles. The van der Waals surface area contributed by atoms with Crippen LogP contribution in [0.25, 0.3) is 0 Å². The number of hydrogen-bond donors (Lipinski definition) is 2. The number of hydrogen-bond acceptors (Lipinski definition) is 3. The molecule has 1 aromatic rings. The number of rotatable bonds is 5. The van der Waals surface area contributed by atoms with Gasteiger partial charge in [0.1, 0.15) is 5.54 Å². The zero-order valence-corrected chi connectivity index (χ0v) is 11.2. The van der Waals surface area contributed by atoms with Gasteiger partial charge < -0.3 is 10.4 Å². The lowest BCUT2D eigenvalue weighted by Gasteiger charge is -2.20. The molecule has 0 saturated carbocycles. The van der Waals surface area contributed by atoms with Crippen molar-refractivity contribution in [3.63, 3.8) is 0 Å². The van der Waals surface area contributed by atoms with E-state index in [1.54, 1.807) is 6.07 Å². The Morgan fingerprint density at radius 3 is 2.59 bits per heavy atom. The summed E-state index contributed by atoms with van der Waals surface area (Å²) < 4.78 is 0.686. The van der Waals surface area contributed by atoms with Crippen LogP contribution in [0.4, 0.5) is 0 Å². The van der Waals surface area contributed by atoms with Gasteiger partial charge in [-0.15, -0.1) is 11.3 Å². The van der Waals surface area contributed by atoms with Crippen LogP contribution in [0.2, 0.25) is 4.34 Å². The van der Waals surface area contributed by atoms with E-state index in [9.17, 15) is 9.59 Å². The number of carbonyl (C=O) groups excluding carboxylic acids is 1. The summed E-state index contributed by atoms with van der Waals surface area (Å²) in [5.74, 6) is -1.33. The number of thiophene rings is 1. The highest BCUT2D eigenvalue weighted by Crippen LogP contribution is 2.22. The van der Waals surface area contributed by atoms with Crippen LogP contribution in [-0.4, -0.2) is 22.5 Å². The molecule has 1 heterocycles. The zero-order chi connectivity index (χ0) is 13.1. The summed E-state index contributed by atoms with van der Waals surface area (Å²) in [6.07, 6.45) is 0.826. The minimum absolute atomic E-state index is 0.257. The lowest BCUT2D eigenvalue weighted by Crippen LogP contribution is -2.49. The molecule has 0 atom stereocenters. The molecule has 0 bridgehead atoms. The topological polar surface area (TPSA) is 66.4 Å². The molecule has 1 aromatic heterocycles. The predicted molar refractivity (Wildman–Crippen MR) is 67.5 cm³/mol. The van der Waals surface area contributed by atoms with E-state index in [1.165, 1.54) is 25.2 Å². The zero-order valence-electron chi connectivity index (χ0n) is 9.62. The molecule has 1 amide bonds. The van der Waals surface area contributed by atoms with Crippen molar-refractivity contribution in [3.05, 3.63) is 21.3 Å². The Morgan fingerprint density at radius 1 is 1.47 bits per heavy atom. The van der Waals surface area contributed by atoms with Gasteiger partial charge in [-0.05, 0) is 32.4 Å². The maximum atomic E-state index is 11.5. The summed E-state index contributed by atoms with van der Waals surface area (Å²) in [6, 6.07) is 3.64. The van der Waals surface area contributed by atoms with Crippen molar-refractivity contribution in [2.24, 2.45) is 0 Å². The van der Waals surface area contributed by atoms with Crippen molar-refractivity contribution in [1.82, 2.24) is 5.32 Å². The fourth-order valence-corrected chi connectivity index (χ4v) is 2.27. The summed E-state index contributed by atoms with van der Waals surface area (Å²) in [4.78, 5) is 23.4. The summed E-state index contributed by atoms with van der Waals surface area (Å²) in [6.45, 7) is 2.91. The third-order valence-corrected chi connectivity index (χ3v) is 3.50. The SMILES string of the molecule is CC(C)(NC(=O)CCc1ccc(Cl)s1)C(=O)O. The molecule has 17 heavy (non-hydrogen) atoms. The monoisotopic (exact) mass is 275 g/mol. The molecule has 0 spiro atoms. The fourth-order valence-electron chi connectivity index (χ4n) is 1.19. The van der Waals surface area contributed by atoms with Crippen molar-refractivity contribution in [3.8, 4) is 0 Å². The molecule has 0 aromatic carbocycles. The molecule has 0 aliphatic rings. The van der Waals surface area contributed by atoms with Crippen molar-refractivity contribution < 1.29 is 14.7 Å². The van der Waals surface area contributed by atoms with E-state index in [-0.39, 0.29) is 12.3 Å². The van der Waals surface area contributed by atoms with Crippen LogP contribution in [0.15, 0.2) is 12.1 Å². The number of amides is 1. The summed E-state index contributed by atoms with van der Waals surface area (Å²) >= 11 is 7.19. The molecule has 94 valence electrons. The molecule has 0 aliphatic heterocycles. The van der Waals surface area contributed by atoms with E-state index in [0.717, 1.165) is 4.88 Å². The fraction of sp³-hybridized carbons (Fsp3) is 0.455. The lowest BCUT2D eigenvalue weighted by molar-refractivity contribution is -0.146. The predicted octanol–water partition coefficient (Wildman–Crippen LogP) is 2.31. The van der Waals surface area contributed by atoms with Crippen LogP contribution in [-0.2, 0) is 16.0 Å². The van der Waals surface area contributed by atoms with E-state index in [4.69, 9.17) is 16.7 Å². The van der Waals surface area contributed by atoms with Crippen molar-refractivity contribution in [2.45, 2.75) is 32.2 Å². The Balaban J connectivity index is 2.43. The van der Waals surface area contributed by atoms with Crippen LogP contribution in [0, 0.1) is 0 Å². The number of aliphatic carboxylic acids is 1. The molecule has 0 fully saturated rings. The van der Waals surface area contributed by atoms with Gasteiger partial charge in [-0.25, -0.2) is 4.79 Å². The molecular weight excluding hydrogens is 262 g/mol. The van der Waals surface area contributed by atoms with Gasteiger partial charge in [0.25, 0.3) is 0 Å². The summed E-state index contributed by atoms with van der Waals surface area (Å²) in [5, 5.41) is 11.3. The van der Waals surface area contributed by atoms with E-state index in [1.807, 2.05) is 6.07 Å². The Hall–Kier alpha value is -1.07. The first-order valence-corrected chi connectivity index (χ1v) is 6.29. The van der Waals surface area contributed by atoms with Crippen molar-refractivity contribution >= 4 is 34.8 Å². The van der Waals surface area contributed by atoms with Crippen LogP contribution in [0.3, 0.4) is 0 Å². The number of nitrogens with one attached hydrogen (secondary N) is 1. The Bertz CT molecular complexity index is 428. The number of carbonyl (C=O) groups is 2. The highest BCUT2D eigenvalue weighted by Gasteiger charge is 2.28. The van der Waals surface area contributed by atoms with Crippen molar-refractivity contribution in [1.29, 1.82) is 0 Å². The van der Waals surface area contributed by atoms with Gasteiger partial charge in [0.15, 0.2) is 0 Å². The van der Waals surface area contributed by atoms with E-state index in [0.29, 0.717) is 10.8 Å². The van der Waals surface area contributed by atoms with Gasteiger partial charge in [-0.1, -0.05) is 11.6 Å². The van der Waals surface area contributed by atoms with E-state index >= 15 is 0 Å². The largest absolute Gasteiger partial charge is 0.480 e. The van der Waals surface area contributed by atoms with Crippen LogP contribution >= 0.6 is 22.9 Å². The second-order valence-corrected chi connectivity index (χ2v) is 5.98. The number of carboxylic acid groups (broad SMARTS) is 1. The highest BCUT2D eigenvalue weighted by atomic mass is 35.5.